The molecule has 0 unspecified atom stereocenters. The first-order valence-corrected chi connectivity index (χ1v) is 13.5. The Hall–Kier alpha value is -3.43. The summed E-state index contributed by atoms with van der Waals surface area (Å²) >= 11 is 1.42. The Morgan fingerprint density at radius 3 is 2.31 bits per heavy atom. The number of anilines is 1. The van der Waals surface area contributed by atoms with Crippen molar-refractivity contribution in [2.45, 2.75) is 24.3 Å². The van der Waals surface area contributed by atoms with Crippen LogP contribution in [0.3, 0.4) is 0 Å². The maximum absolute atomic E-state index is 13.3. The lowest BCUT2D eigenvalue weighted by Crippen LogP contribution is -2.30. The number of ether oxygens (including phenoxy) is 2. The third-order valence-electron chi connectivity index (χ3n) is 5.52. The summed E-state index contributed by atoms with van der Waals surface area (Å²) in [6, 6.07) is 21.5. The van der Waals surface area contributed by atoms with E-state index in [9.17, 15) is 13.2 Å². The van der Waals surface area contributed by atoms with E-state index in [-0.39, 0.29) is 29.4 Å². The van der Waals surface area contributed by atoms with E-state index < -0.39 is 9.84 Å². The van der Waals surface area contributed by atoms with Gasteiger partial charge in [-0.3, -0.25) is 9.69 Å². The number of hydrogen-bond donors (Lipinski definition) is 0. The number of aromatic nitrogens is 1. The third kappa shape index (κ3) is 5.98. The second-order valence-electron chi connectivity index (χ2n) is 7.89. The van der Waals surface area contributed by atoms with Crippen LogP contribution >= 0.6 is 11.3 Å². The van der Waals surface area contributed by atoms with E-state index in [0.29, 0.717) is 23.2 Å². The molecule has 35 heavy (non-hydrogen) atoms. The highest BCUT2D eigenvalue weighted by atomic mass is 32.2. The zero-order chi connectivity index (χ0) is 24.8. The Bertz CT molecular complexity index is 1400. The van der Waals surface area contributed by atoms with Gasteiger partial charge in [-0.05, 0) is 48.4 Å². The zero-order valence-electron chi connectivity index (χ0n) is 19.5. The van der Waals surface area contributed by atoms with E-state index in [1.165, 1.54) is 30.6 Å². The number of hydrogen-bond acceptors (Lipinski definition) is 7. The number of sulfone groups is 1. The minimum absolute atomic E-state index is 0.0848. The number of amides is 1. The summed E-state index contributed by atoms with van der Waals surface area (Å²) in [7, 11) is -0.389. The molecule has 7 nitrogen and oxygen atoms in total. The Kier molecular flexibility index (Phi) is 7.67. The highest BCUT2D eigenvalue weighted by molar-refractivity contribution is 7.91. The van der Waals surface area contributed by atoms with E-state index in [2.05, 4.69) is 4.98 Å². The molecule has 3 aromatic carbocycles. The van der Waals surface area contributed by atoms with Crippen LogP contribution in [-0.4, -0.2) is 39.3 Å². The number of rotatable bonds is 10. The average molecular weight is 511 g/mol. The molecule has 0 aliphatic heterocycles. The first kappa shape index (κ1) is 24.7. The fourth-order valence-electron chi connectivity index (χ4n) is 3.62. The van der Waals surface area contributed by atoms with Crippen molar-refractivity contribution in [2.75, 3.05) is 24.9 Å². The number of thiazole rings is 1. The predicted molar refractivity (Wildman–Crippen MR) is 138 cm³/mol. The molecular weight excluding hydrogens is 484 g/mol. The zero-order valence-corrected chi connectivity index (χ0v) is 21.1. The van der Waals surface area contributed by atoms with Gasteiger partial charge < -0.3 is 9.47 Å². The molecule has 1 heterocycles. The van der Waals surface area contributed by atoms with Crippen LogP contribution in [0, 0.1) is 0 Å². The minimum atomic E-state index is -3.51. The molecule has 0 atom stereocenters. The van der Waals surface area contributed by atoms with Gasteiger partial charge in [0, 0.05) is 12.5 Å². The lowest BCUT2D eigenvalue weighted by molar-refractivity contribution is -0.118. The van der Waals surface area contributed by atoms with Crippen molar-refractivity contribution in [1.82, 2.24) is 4.98 Å². The van der Waals surface area contributed by atoms with Crippen molar-refractivity contribution < 1.29 is 22.7 Å². The number of fused-ring (bicyclic) bond motifs is 1. The van der Waals surface area contributed by atoms with Gasteiger partial charge in [-0.25, -0.2) is 13.4 Å². The molecule has 4 rings (SSSR count). The Labute approximate surface area is 208 Å². The van der Waals surface area contributed by atoms with Gasteiger partial charge in [0.2, 0.25) is 5.91 Å². The smallest absolute Gasteiger partial charge is 0.229 e. The number of carbonyl (C=O) groups excluding carboxylic acids is 1. The molecule has 1 aromatic heterocycles. The van der Waals surface area contributed by atoms with Crippen molar-refractivity contribution >= 4 is 42.4 Å². The van der Waals surface area contributed by atoms with Gasteiger partial charge in [0.25, 0.3) is 0 Å². The molecule has 0 saturated heterocycles. The molecule has 9 heteroatoms. The van der Waals surface area contributed by atoms with Gasteiger partial charge in [-0.15, -0.1) is 0 Å². The summed E-state index contributed by atoms with van der Waals surface area (Å²) in [6.45, 7) is 0.349. The van der Waals surface area contributed by atoms with Crippen molar-refractivity contribution in [3.8, 4) is 11.5 Å². The quantitative estimate of drug-likeness (QED) is 0.295. The van der Waals surface area contributed by atoms with Gasteiger partial charge >= 0.3 is 0 Å². The lowest BCUT2D eigenvalue weighted by atomic mass is 10.2. The van der Waals surface area contributed by atoms with Crippen LogP contribution in [0.2, 0.25) is 0 Å². The van der Waals surface area contributed by atoms with E-state index in [4.69, 9.17) is 9.47 Å². The summed E-state index contributed by atoms with van der Waals surface area (Å²) < 4.78 is 36.8. The van der Waals surface area contributed by atoms with Crippen LogP contribution in [0.25, 0.3) is 10.2 Å². The highest BCUT2D eigenvalue weighted by Crippen LogP contribution is 2.32. The summed E-state index contributed by atoms with van der Waals surface area (Å²) in [5.74, 6) is 0.981. The SMILES string of the molecule is COc1ccc(S(=O)(=O)CCCC(=O)N(Cc2ccccc2)c2nc3cc(OC)ccc3s2)cc1. The number of methoxy groups -OCH3 is 2. The lowest BCUT2D eigenvalue weighted by Gasteiger charge is -2.20. The second kappa shape index (κ2) is 10.9. The average Bonchev–Trinajstić information content (AvgIpc) is 3.30. The van der Waals surface area contributed by atoms with Crippen LogP contribution in [0.5, 0.6) is 11.5 Å². The number of benzene rings is 3. The van der Waals surface area contributed by atoms with Crippen LogP contribution in [-0.2, 0) is 21.2 Å². The van der Waals surface area contributed by atoms with Crippen molar-refractivity contribution in [1.29, 1.82) is 0 Å². The predicted octanol–water partition coefficient (Wildman–Crippen LogP) is 5.10. The van der Waals surface area contributed by atoms with Crippen molar-refractivity contribution in [3.63, 3.8) is 0 Å². The standard InChI is InChI=1S/C26H26N2O5S2/c1-32-20-10-13-22(14-11-20)35(30,31)16-6-9-25(29)28(18-19-7-4-3-5-8-19)26-27-23-17-21(33-2)12-15-24(23)34-26/h3-5,7-8,10-15,17H,6,9,16,18H2,1-2H3. The fraction of sp³-hybridized carbons (Fsp3) is 0.231. The maximum atomic E-state index is 13.3. The van der Waals surface area contributed by atoms with Gasteiger partial charge in [0.15, 0.2) is 15.0 Å². The molecule has 1 amide bonds. The molecule has 0 radical (unpaired) electrons. The fourth-order valence-corrected chi connectivity index (χ4v) is 5.89. The first-order valence-electron chi connectivity index (χ1n) is 11.1. The largest absolute Gasteiger partial charge is 0.497 e. The van der Waals surface area contributed by atoms with E-state index in [1.54, 1.807) is 24.1 Å². The molecule has 0 saturated carbocycles. The third-order valence-corrected chi connectivity index (χ3v) is 8.40. The molecule has 0 N–H and O–H groups in total. The van der Waals surface area contributed by atoms with Gasteiger partial charge in [-0.1, -0.05) is 41.7 Å². The molecule has 0 bridgehead atoms. The van der Waals surface area contributed by atoms with Gasteiger partial charge in [-0.2, -0.15) is 0 Å². The van der Waals surface area contributed by atoms with Gasteiger partial charge in [0.05, 0.1) is 41.6 Å². The molecule has 4 aromatic rings. The Morgan fingerprint density at radius 2 is 1.63 bits per heavy atom. The molecule has 0 aliphatic carbocycles. The van der Waals surface area contributed by atoms with Crippen molar-refractivity contribution in [2.24, 2.45) is 0 Å². The minimum Gasteiger partial charge on any atom is -0.497 e. The molecular formula is C26H26N2O5S2. The van der Waals surface area contributed by atoms with Crippen molar-refractivity contribution in [3.05, 3.63) is 78.4 Å². The first-order chi connectivity index (χ1) is 16.9. The van der Waals surface area contributed by atoms with Gasteiger partial charge in [0.1, 0.15) is 11.5 Å². The summed E-state index contributed by atoms with van der Waals surface area (Å²) in [5.41, 5.74) is 1.71. The summed E-state index contributed by atoms with van der Waals surface area (Å²) in [6.07, 6.45) is 0.290. The molecule has 182 valence electrons. The maximum Gasteiger partial charge on any atom is 0.229 e. The molecule has 0 fully saturated rings. The van der Waals surface area contributed by atoms with Crippen LogP contribution < -0.4 is 14.4 Å². The highest BCUT2D eigenvalue weighted by Gasteiger charge is 2.22. The topological polar surface area (TPSA) is 85.8 Å². The normalized spacial score (nSPS) is 11.4. The van der Waals surface area contributed by atoms with Crippen LogP contribution in [0.4, 0.5) is 5.13 Å². The number of nitrogens with zero attached hydrogens (tertiary/aromatic N) is 2. The Morgan fingerprint density at radius 1 is 0.943 bits per heavy atom. The monoisotopic (exact) mass is 510 g/mol. The van der Waals surface area contributed by atoms with Crippen LogP contribution in [0.15, 0.2) is 77.7 Å². The summed E-state index contributed by atoms with van der Waals surface area (Å²) in [4.78, 5) is 19.8. The Balaban J connectivity index is 1.51. The summed E-state index contributed by atoms with van der Waals surface area (Å²) in [5, 5.41) is 0.570. The van der Waals surface area contributed by atoms with E-state index in [0.717, 1.165) is 15.8 Å². The number of carbonyl (C=O) groups is 1. The van der Waals surface area contributed by atoms with E-state index >= 15 is 0 Å². The van der Waals surface area contributed by atoms with E-state index in [1.807, 2.05) is 48.5 Å². The second-order valence-corrected chi connectivity index (χ2v) is 11.0. The molecule has 0 spiro atoms. The van der Waals surface area contributed by atoms with Crippen LogP contribution in [0.1, 0.15) is 18.4 Å². The molecule has 0 aliphatic rings.